The van der Waals surface area contributed by atoms with Crippen LogP contribution in [0.15, 0.2) is 66.7 Å². The summed E-state index contributed by atoms with van der Waals surface area (Å²) in [5, 5.41) is 3.25. The first-order valence-corrected chi connectivity index (χ1v) is 11.0. The zero-order valence-corrected chi connectivity index (χ0v) is 17.0. The molecule has 1 aromatic heterocycles. The molecule has 3 unspecified atom stereocenters. The van der Waals surface area contributed by atoms with Crippen molar-refractivity contribution in [1.29, 1.82) is 0 Å². The van der Waals surface area contributed by atoms with Gasteiger partial charge in [0.05, 0.1) is 4.88 Å². The van der Waals surface area contributed by atoms with Crippen LogP contribution in [0.25, 0.3) is 10.4 Å². The predicted molar refractivity (Wildman–Crippen MR) is 116 cm³/mol. The van der Waals surface area contributed by atoms with Crippen molar-refractivity contribution in [1.82, 2.24) is 10.2 Å². The lowest BCUT2D eigenvalue weighted by atomic mass is 10.00. The maximum atomic E-state index is 12.7. The molecule has 29 heavy (non-hydrogen) atoms. The Morgan fingerprint density at radius 1 is 1.07 bits per heavy atom. The summed E-state index contributed by atoms with van der Waals surface area (Å²) in [7, 11) is 0. The Labute approximate surface area is 175 Å². The molecule has 2 bridgehead atoms. The SMILES string of the molecule is O=C(NC1CN2CCC1C2)c1ccc(-c2cccc(OCc3ccccc3)c2)s1. The van der Waals surface area contributed by atoms with Gasteiger partial charge in [-0.15, -0.1) is 11.3 Å². The number of fused-ring (bicyclic) bond motifs is 2. The van der Waals surface area contributed by atoms with Gasteiger partial charge in [-0.25, -0.2) is 0 Å². The highest BCUT2D eigenvalue weighted by atomic mass is 32.1. The molecule has 2 aliphatic rings. The molecule has 0 radical (unpaired) electrons. The average Bonchev–Trinajstić information content (AvgIpc) is 3.50. The van der Waals surface area contributed by atoms with E-state index in [1.807, 2.05) is 48.5 Å². The van der Waals surface area contributed by atoms with Crippen LogP contribution in [0, 0.1) is 5.92 Å². The molecule has 1 N–H and O–H groups in total. The Morgan fingerprint density at radius 2 is 1.97 bits per heavy atom. The van der Waals surface area contributed by atoms with Crippen molar-refractivity contribution in [3.05, 3.63) is 77.2 Å². The minimum absolute atomic E-state index is 0.0523. The van der Waals surface area contributed by atoms with Gasteiger partial charge in [-0.1, -0.05) is 42.5 Å². The number of carbonyl (C=O) groups excluding carboxylic acids is 1. The van der Waals surface area contributed by atoms with Crippen LogP contribution in [0.4, 0.5) is 0 Å². The van der Waals surface area contributed by atoms with Crippen molar-refractivity contribution in [2.45, 2.75) is 19.1 Å². The molecule has 5 heteroatoms. The number of rotatable bonds is 6. The third kappa shape index (κ3) is 4.07. The molecule has 148 valence electrons. The molecule has 0 spiro atoms. The summed E-state index contributed by atoms with van der Waals surface area (Å²) in [6.45, 7) is 3.86. The Hall–Kier alpha value is -2.63. The fraction of sp³-hybridized carbons (Fsp3) is 0.292. The van der Waals surface area contributed by atoms with E-state index in [1.54, 1.807) is 0 Å². The molecular formula is C24H24N2O2S. The van der Waals surface area contributed by atoms with Gasteiger partial charge in [0, 0.05) is 24.0 Å². The predicted octanol–water partition coefficient (Wildman–Crippen LogP) is 4.43. The zero-order valence-electron chi connectivity index (χ0n) is 16.2. The quantitative estimate of drug-likeness (QED) is 0.661. The van der Waals surface area contributed by atoms with Gasteiger partial charge in [-0.2, -0.15) is 0 Å². The summed E-state index contributed by atoms with van der Waals surface area (Å²) >= 11 is 1.54. The fourth-order valence-corrected chi connectivity index (χ4v) is 5.19. The first-order chi connectivity index (χ1) is 14.2. The zero-order chi connectivity index (χ0) is 19.6. The van der Waals surface area contributed by atoms with Gasteiger partial charge in [0.25, 0.3) is 5.91 Å². The Morgan fingerprint density at radius 3 is 2.76 bits per heavy atom. The van der Waals surface area contributed by atoms with Crippen molar-refractivity contribution in [2.24, 2.45) is 5.92 Å². The monoisotopic (exact) mass is 404 g/mol. The number of thiophene rings is 1. The molecule has 5 rings (SSSR count). The Balaban J connectivity index is 1.24. The van der Waals surface area contributed by atoms with Crippen LogP contribution >= 0.6 is 11.3 Å². The summed E-state index contributed by atoms with van der Waals surface area (Å²) in [5.74, 6) is 1.51. The van der Waals surface area contributed by atoms with Gasteiger partial charge in [0.2, 0.25) is 0 Å². The molecule has 2 saturated heterocycles. The van der Waals surface area contributed by atoms with Crippen molar-refractivity contribution >= 4 is 17.2 Å². The van der Waals surface area contributed by atoms with Gasteiger partial charge in [0.1, 0.15) is 12.4 Å². The average molecular weight is 405 g/mol. The van der Waals surface area contributed by atoms with Crippen molar-refractivity contribution < 1.29 is 9.53 Å². The van der Waals surface area contributed by atoms with Crippen LogP contribution in [-0.4, -0.2) is 36.5 Å². The number of piperidine rings is 1. The van der Waals surface area contributed by atoms with E-state index in [9.17, 15) is 4.79 Å². The van der Waals surface area contributed by atoms with Gasteiger partial charge in [-0.3, -0.25) is 4.79 Å². The lowest BCUT2D eigenvalue weighted by Crippen LogP contribution is -2.42. The highest BCUT2D eigenvalue weighted by Crippen LogP contribution is 2.32. The number of carbonyl (C=O) groups is 1. The van der Waals surface area contributed by atoms with Gasteiger partial charge >= 0.3 is 0 Å². The lowest BCUT2D eigenvalue weighted by molar-refractivity contribution is 0.0928. The molecule has 2 aromatic carbocycles. The second-order valence-electron chi connectivity index (χ2n) is 7.85. The van der Waals surface area contributed by atoms with E-state index in [0.29, 0.717) is 18.6 Å². The second-order valence-corrected chi connectivity index (χ2v) is 8.94. The topological polar surface area (TPSA) is 41.6 Å². The van der Waals surface area contributed by atoms with E-state index in [0.717, 1.165) is 39.7 Å². The minimum Gasteiger partial charge on any atom is -0.489 e. The largest absolute Gasteiger partial charge is 0.489 e. The van der Waals surface area contributed by atoms with E-state index >= 15 is 0 Å². The van der Waals surface area contributed by atoms with Crippen molar-refractivity contribution in [3.63, 3.8) is 0 Å². The van der Waals surface area contributed by atoms with Crippen LogP contribution < -0.4 is 10.1 Å². The maximum absolute atomic E-state index is 12.7. The first kappa shape index (κ1) is 18.4. The van der Waals surface area contributed by atoms with Crippen LogP contribution in [0.2, 0.25) is 0 Å². The van der Waals surface area contributed by atoms with Crippen LogP contribution in [0.3, 0.4) is 0 Å². The summed E-state index contributed by atoms with van der Waals surface area (Å²) in [6.07, 6.45) is 1.20. The van der Waals surface area contributed by atoms with Crippen molar-refractivity contribution in [2.75, 3.05) is 19.6 Å². The van der Waals surface area contributed by atoms with Crippen LogP contribution in [0.5, 0.6) is 5.75 Å². The normalized spacial score (nSPS) is 22.6. The minimum atomic E-state index is 0.0523. The molecule has 2 aliphatic heterocycles. The van der Waals surface area contributed by atoms with E-state index in [1.165, 1.54) is 24.3 Å². The second kappa shape index (κ2) is 8.01. The first-order valence-electron chi connectivity index (χ1n) is 10.1. The summed E-state index contributed by atoms with van der Waals surface area (Å²) in [5.41, 5.74) is 2.22. The van der Waals surface area contributed by atoms with Gasteiger partial charge in [-0.05, 0) is 54.3 Å². The lowest BCUT2D eigenvalue weighted by Gasteiger charge is -2.22. The fourth-order valence-electron chi connectivity index (χ4n) is 4.28. The van der Waals surface area contributed by atoms with Crippen LogP contribution in [0.1, 0.15) is 21.7 Å². The van der Waals surface area contributed by atoms with Crippen molar-refractivity contribution in [3.8, 4) is 16.2 Å². The van der Waals surface area contributed by atoms with Crippen LogP contribution in [-0.2, 0) is 6.61 Å². The smallest absolute Gasteiger partial charge is 0.261 e. The highest BCUT2D eigenvalue weighted by Gasteiger charge is 2.38. The molecule has 3 heterocycles. The Kier molecular flexibility index (Phi) is 5.08. The molecule has 3 atom stereocenters. The third-order valence-corrected chi connectivity index (χ3v) is 6.98. The number of nitrogens with zero attached hydrogens (tertiary/aromatic N) is 1. The van der Waals surface area contributed by atoms with Gasteiger partial charge in [0.15, 0.2) is 0 Å². The highest BCUT2D eigenvalue weighted by molar-refractivity contribution is 7.17. The Bertz CT molecular complexity index is 1000. The number of nitrogens with one attached hydrogen (secondary N) is 1. The number of hydrogen-bond acceptors (Lipinski definition) is 4. The number of ether oxygens (including phenoxy) is 1. The number of benzene rings is 2. The molecule has 4 nitrogen and oxygen atoms in total. The molecule has 2 fully saturated rings. The van der Waals surface area contributed by atoms with E-state index < -0.39 is 0 Å². The molecule has 0 saturated carbocycles. The maximum Gasteiger partial charge on any atom is 0.261 e. The number of hydrogen-bond donors (Lipinski definition) is 1. The molecule has 1 amide bonds. The van der Waals surface area contributed by atoms with E-state index in [2.05, 4.69) is 28.4 Å². The molecule has 0 aliphatic carbocycles. The molecule has 3 aromatic rings. The standard InChI is InChI=1S/C24H24N2O2S/c27-24(25-21-15-26-12-11-19(21)14-26)23-10-9-22(29-23)18-7-4-8-20(13-18)28-16-17-5-2-1-3-6-17/h1-10,13,19,21H,11-12,14-16H2,(H,25,27). The third-order valence-electron chi connectivity index (χ3n) is 5.85. The summed E-state index contributed by atoms with van der Waals surface area (Å²) < 4.78 is 5.95. The number of amides is 1. The summed E-state index contributed by atoms with van der Waals surface area (Å²) in [4.78, 5) is 17.0. The van der Waals surface area contributed by atoms with E-state index in [4.69, 9.17) is 4.74 Å². The van der Waals surface area contributed by atoms with Gasteiger partial charge < -0.3 is 15.0 Å². The van der Waals surface area contributed by atoms with E-state index in [-0.39, 0.29) is 5.91 Å². The summed E-state index contributed by atoms with van der Waals surface area (Å²) in [6, 6.07) is 22.5. The molecular weight excluding hydrogens is 380 g/mol.